The number of fused-ring (bicyclic) bond motifs is 2. The van der Waals surface area contributed by atoms with Crippen LogP contribution < -0.4 is 9.47 Å². The van der Waals surface area contributed by atoms with E-state index in [1.807, 2.05) is 39.0 Å². The van der Waals surface area contributed by atoms with Gasteiger partial charge in [0.15, 0.2) is 0 Å². The quantitative estimate of drug-likeness (QED) is 0.0589. The van der Waals surface area contributed by atoms with Gasteiger partial charge in [0, 0.05) is 37.7 Å². The highest BCUT2D eigenvalue weighted by Gasteiger charge is 2.65. The first-order chi connectivity index (χ1) is 26.6. The van der Waals surface area contributed by atoms with Crippen molar-refractivity contribution in [2.45, 2.75) is 95.5 Å². The number of carbonyl (C=O) groups is 1. The summed E-state index contributed by atoms with van der Waals surface area (Å²) >= 11 is 0. The number of unbranched alkanes of at least 4 members (excludes halogenated alkanes) is 2. The molecule has 0 spiro atoms. The smallest absolute Gasteiger partial charge is 0.410 e. The monoisotopic (exact) mass is 768 g/mol. The lowest BCUT2D eigenvalue weighted by Crippen LogP contribution is -2.70. The molecule has 6 atom stereocenters. The van der Waals surface area contributed by atoms with Crippen LogP contribution in [0.5, 0.6) is 11.5 Å². The van der Waals surface area contributed by atoms with Gasteiger partial charge in [0.2, 0.25) is 5.79 Å². The van der Waals surface area contributed by atoms with Gasteiger partial charge in [0.1, 0.15) is 29.7 Å². The van der Waals surface area contributed by atoms with Crippen molar-refractivity contribution in [1.82, 2.24) is 4.90 Å². The molecule has 1 amide bonds. The number of ether oxygens (including phenoxy) is 5. The van der Waals surface area contributed by atoms with E-state index in [9.17, 15) is 20.1 Å². The fourth-order valence-corrected chi connectivity index (χ4v) is 8.10. The van der Waals surface area contributed by atoms with Crippen LogP contribution in [0.25, 0.3) is 0 Å². The summed E-state index contributed by atoms with van der Waals surface area (Å²) in [6.45, 7) is 18.4. The van der Waals surface area contributed by atoms with Crippen LogP contribution in [-0.4, -0.2) is 109 Å². The Bertz CT molecular complexity index is 1470. The fraction of sp³-hybridized carbons (Fsp3) is 0.628. The van der Waals surface area contributed by atoms with Crippen LogP contribution in [0.15, 0.2) is 73.0 Å². The van der Waals surface area contributed by atoms with Crippen molar-refractivity contribution in [2.75, 3.05) is 59.4 Å². The van der Waals surface area contributed by atoms with Crippen LogP contribution in [0, 0.1) is 17.8 Å². The average molecular weight is 769 g/mol. The van der Waals surface area contributed by atoms with E-state index in [0.717, 1.165) is 36.8 Å². The normalized spacial score (nSPS) is 24.8. The summed E-state index contributed by atoms with van der Waals surface area (Å²) < 4.78 is 31.8. The van der Waals surface area contributed by atoms with E-state index in [-0.39, 0.29) is 77.0 Å². The Balaban J connectivity index is 2.04. The minimum absolute atomic E-state index is 0.0624. The number of rotatable bonds is 24. The topological polar surface area (TPSA) is 149 Å². The minimum Gasteiger partial charge on any atom is -0.490 e. The molecule has 306 valence electrons. The van der Waals surface area contributed by atoms with Gasteiger partial charge in [-0.25, -0.2) is 4.79 Å². The van der Waals surface area contributed by atoms with Crippen molar-refractivity contribution < 1.29 is 48.6 Å². The molecular formula is C43H64N2O10. The molecule has 12 heteroatoms. The lowest BCUT2D eigenvalue weighted by molar-refractivity contribution is -0.256. The largest absolute Gasteiger partial charge is 0.490 e. The van der Waals surface area contributed by atoms with Gasteiger partial charge in [-0.2, -0.15) is 0 Å². The number of aliphatic hydroxyl groups is 3. The van der Waals surface area contributed by atoms with Gasteiger partial charge in [0.25, 0.3) is 0 Å². The predicted octanol–water partition coefficient (Wildman–Crippen LogP) is 6.71. The predicted molar refractivity (Wildman–Crippen MR) is 212 cm³/mol. The van der Waals surface area contributed by atoms with Crippen molar-refractivity contribution in [3.05, 3.63) is 73.4 Å². The van der Waals surface area contributed by atoms with Crippen LogP contribution in [-0.2, 0) is 19.0 Å². The maximum Gasteiger partial charge on any atom is 0.410 e. The number of nitrogens with zero attached hydrogens (tertiary/aromatic N) is 2. The summed E-state index contributed by atoms with van der Waals surface area (Å²) in [6.07, 6.45) is 12.1. The molecule has 0 bridgehead atoms. The summed E-state index contributed by atoms with van der Waals surface area (Å²) in [5.74, 6) is -0.683. The Morgan fingerprint density at radius 1 is 0.982 bits per heavy atom. The Kier molecular flexibility index (Phi) is 17.3. The number of aliphatic hydroxyl groups excluding tert-OH is 3. The molecule has 0 saturated heterocycles. The van der Waals surface area contributed by atoms with Crippen LogP contribution in [0.1, 0.15) is 83.6 Å². The first-order valence-corrected chi connectivity index (χ1v) is 19.8. The van der Waals surface area contributed by atoms with Gasteiger partial charge in [-0.15, -0.1) is 13.2 Å². The van der Waals surface area contributed by atoms with E-state index < -0.39 is 29.4 Å². The van der Waals surface area contributed by atoms with E-state index in [1.165, 1.54) is 0 Å². The van der Waals surface area contributed by atoms with Crippen molar-refractivity contribution in [2.24, 2.45) is 22.9 Å². The van der Waals surface area contributed by atoms with E-state index in [2.05, 4.69) is 25.8 Å². The van der Waals surface area contributed by atoms with Crippen LogP contribution in [0.3, 0.4) is 0 Å². The molecule has 1 aromatic rings. The van der Waals surface area contributed by atoms with Crippen molar-refractivity contribution in [3.8, 4) is 11.5 Å². The number of amides is 1. The number of oxime groups is 1. The van der Waals surface area contributed by atoms with E-state index >= 15 is 0 Å². The molecular weight excluding hydrogens is 704 g/mol. The van der Waals surface area contributed by atoms with E-state index in [0.29, 0.717) is 43.1 Å². The molecule has 0 aromatic heterocycles. The van der Waals surface area contributed by atoms with Crippen LogP contribution in [0.4, 0.5) is 4.79 Å². The third-order valence-electron chi connectivity index (χ3n) is 10.3. The molecule has 0 radical (unpaired) electrons. The first-order valence-electron chi connectivity index (χ1n) is 19.8. The highest BCUT2D eigenvalue weighted by Crippen LogP contribution is 2.62. The summed E-state index contributed by atoms with van der Waals surface area (Å²) in [6, 6.07) is 5.05. The molecule has 1 saturated carbocycles. The maximum absolute atomic E-state index is 14.2. The highest BCUT2D eigenvalue weighted by atomic mass is 16.7. The molecule has 1 heterocycles. The fourth-order valence-electron chi connectivity index (χ4n) is 8.10. The molecule has 0 unspecified atom stereocenters. The van der Waals surface area contributed by atoms with Gasteiger partial charge in [0.05, 0.1) is 44.7 Å². The molecule has 1 fully saturated rings. The average Bonchev–Trinajstić information content (AvgIpc) is 3.16. The Labute approximate surface area is 327 Å². The molecule has 1 aromatic carbocycles. The molecule has 1 aliphatic heterocycles. The van der Waals surface area contributed by atoms with Gasteiger partial charge >= 0.3 is 6.09 Å². The Morgan fingerprint density at radius 3 is 2.40 bits per heavy atom. The molecule has 3 aliphatic rings. The van der Waals surface area contributed by atoms with Gasteiger partial charge in [-0.1, -0.05) is 48.9 Å². The second-order valence-electron chi connectivity index (χ2n) is 15.3. The first kappa shape index (κ1) is 44.0. The van der Waals surface area contributed by atoms with Crippen molar-refractivity contribution in [1.29, 1.82) is 0 Å². The number of benzene rings is 1. The second-order valence-corrected chi connectivity index (χ2v) is 15.3. The van der Waals surface area contributed by atoms with Crippen LogP contribution >= 0.6 is 0 Å². The summed E-state index contributed by atoms with van der Waals surface area (Å²) in [4.78, 5) is 22.0. The van der Waals surface area contributed by atoms with Crippen molar-refractivity contribution in [3.63, 3.8) is 0 Å². The molecule has 12 nitrogen and oxygen atoms in total. The SMILES string of the molecule is C=CCCOC(=O)N(CCOCCO)[C@H]1CC(=NOC(C)(C)C)C2=C[C@H](CCCCO)[C@@H](CCCCO)[C@@H]3c4cc(OCC=C)ccc4O[C@@]1(OCC=C)[C@H]23. The standard InChI is InChI=1S/C43H64N2O10/c1-7-10-25-52-41(49)45(19-26-50-27-22-48)38-30-36(44-55-42(4,5)6)34-28-31(15-11-13-20-46)33(16-12-14-21-47)39-35-29-32(51-23-8-2)17-18-37(35)54-43(38,40(34)39)53-24-9-3/h7-9,17-18,28-29,31,33,38-40,46-48H,1-3,10-16,19-27,30H2,4-6H3/t31-,33+,38-,39+,40+,43+/m0/s1. The number of carbonyl (C=O) groups excluding carboxylic acids is 1. The molecule has 3 N–H and O–H groups in total. The lowest BCUT2D eigenvalue weighted by atomic mass is 9.55. The van der Waals surface area contributed by atoms with E-state index in [4.69, 9.17) is 33.7 Å². The Morgan fingerprint density at radius 2 is 1.73 bits per heavy atom. The molecule has 2 aliphatic carbocycles. The zero-order valence-corrected chi connectivity index (χ0v) is 33.2. The van der Waals surface area contributed by atoms with Gasteiger partial charge in [-0.3, -0.25) is 4.90 Å². The van der Waals surface area contributed by atoms with Gasteiger partial charge < -0.3 is 43.8 Å². The molecule has 55 heavy (non-hydrogen) atoms. The number of allylic oxidation sites excluding steroid dienone is 1. The number of hydrogen-bond donors (Lipinski definition) is 3. The zero-order valence-electron chi connectivity index (χ0n) is 33.2. The van der Waals surface area contributed by atoms with Gasteiger partial charge in [-0.05, 0) is 88.5 Å². The minimum atomic E-state index is -1.44. The lowest BCUT2D eigenvalue weighted by Gasteiger charge is -2.60. The molecule has 4 rings (SSSR count). The van der Waals surface area contributed by atoms with Crippen LogP contribution in [0.2, 0.25) is 0 Å². The zero-order chi connectivity index (χ0) is 39.8. The third kappa shape index (κ3) is 11.2. The summed E-state index contributed by atoms with van der Waals surface area (Å²) in [7, 11) is 0. The highest BCUT2D eigenvalue weighted by molar-refractivity contribution is 6.03. The number of hydrogen-bond acceptors (Lipinski definition) is 11. The summed E-state index contributed by atoms with van der Waals surface area (Å²) in [5, 5.41) is 34.0. The van der Waals surface area contributed by atoms with Crippen molar-refractivity contribution >= 4 is 11.8 Å². The van der Waals surface area contributed by atoms with E-state index in [1.54, 1.807) is 23.1 Å². The second kappa shape index (κ2) is 21.6. The third-order valence-corrected chi connectivity index (χ3v) is 10.3. The summed E-state index contributed by atoms with van der Waals surface area (Å²) in [5.41, 5.74) is 1.97. The Hall–Kier alpha value is -3.68. The maximum atomic E-state index is 14.2.